The molecule has 21 heteroatoms. The van der Waals surface area contributed by atoms with Crippen molar-refractivity contribution in [3.63, 3.8) is 0 Å². The summed E-state index contributed by atoms with van der Waals surface area (Å²) in [6, 6.07) is 15.6. The molecule has 0 unspecified atom stereocenters. The number of aliphatic carboxylic acids is 1. The van der Waals surface area contributed by atoms with Crippen molar-refractivity contribution in [3.05, 3.63) is 105 Å². The molecule has 2 aromatic carbocycles. The number of hydrogen-bond acceptors (Lipinski definition) is 15. The zero-order valence-corrected chi connectivity index (χ0v) is 43.9. The molecule has 0 aliphatic heterocycles. The normalized spacial score (nSPS) is 13.2. The molecule has 0 radical (unpaired) electrons. The fourth-order valence-corrected chi connectivity index (χ4v) is 9.73. The second-order valence-electron chi connectivity index (χ2n) is 17.7. The number of carboxylic acids is 1. The van der Waals surface area contributed by atoms with Gasteiger partial charge in [0.1, 0.15) is 5.00 Å². The summed E-state index contributed by atoms with van der Waals surface area (Å²) in [5.74, 6) is -0.140. The first kappa shape index (κ1) is 60.3. The average molecular weight is 1080 g/mol. The molecule has 0 atom stereocenters. The summed E-state index contributed by atoms with van der Waals surface area (Å²) in [4.78, 5) is 43.4. The lowest BCUT2D eigenvalue weighted by Crippen LogP contribution is -2.23. The van der Waals surface area contributed by atoms with Gasteiger partial charge in [-0.1, -0.05) is 38.1 Å². The molecule has 408 valence electrons. The smallest absolute Gasteiger partial charge is 0.416 e. The first-order valence-corrected chi connectivity index (χ1v) is 26.7. The zero-order chi connectivity index (χ0) is 52.9. The Balaban J connectivity index is 0.895. The summed E-state index contributed by atoms with van der Waals surface area (Å²) < 4.78 is 89.1. The third-order valence-electron chi connectivity index (χ3n) is 11.3. The van der Waals surface area contributed by atoms with Gasteiger partial charge in [0.2, 0.25) is 0 Å². The van der Waals surface area contributed by atoms with Crippen molar-refractivity contribution in [2.24, 2.45) is 5.41 Å². The molecule has 1 aliphatic carbocycles. The largest absolute Gasteiger partial charge is 0.481 e. The van der Waals surface area contributed by atoms with Crippen LogP contribution in [-0.2, 0) is 78.7 Å². The zero-order valence-electron chi connectivity index (χ0n) is 42.3. The van der Waals surface area contributed by atoms with Gasteiger partial charge >= 0.3 is 12.1 Å². The van der Waals surface area contributed by atoms with Crippen molar-refractivity contribution < 1.29 is 75.3 Å². The van der Waals surface area contributed by atoms with E-state index >= 15 is 0 Å². The van der Waals surface area contributed by atoms with Crippen LogP contribution in [0.2, 0.25) is 0 Å². The van der Waals surface area contributed by atoms with Crippen molar-refractivity contribution in [3.8, 4) is 11.3 Å². The van der Waals surface area contributed by atoms with Crippen LogP contribution in [0.15, 0.2) is 66.9 Å². The summed E-state index contributed by atoms with van der Waals surface area (Å²) in [6.07, 6.45) is -0.414. The Hall–Kier alpha value is -4.52. The quantitative estimate of drug-likeness (QED) is 0.0363. The van der Waals surface area contributed by atoms with Crippen LogP contribution < -0.4 is 10.6 Å². The van der Waals surface area contributed by atoms with E-state index in [1.165, 1.54) is 29.7 Å². The highest BCUT2D eigenvalue weighted by Crippen LogP contribution is 2.48. The number of alkyl halides is 3. The number of ether oxygens (including phenoxy) is 9. The van der Waals surface area contributed by atoms with Crippen LogP contribution in [0.5, 0.6) is 0 Å². The summed E-state index contributed by atoms with van der Waals surface area (Å²) in [5, 5.41) is 15.1. The standard InChI is InChI=1S/C53H70F3N3O13S2/c1-52(2)12-9-44-46(36-52)74-51(48(44)45-35-42(10-13-57-45)49(62)58-37-39-5-4-8-43(34-39)53(54,55)56)59-50(63)41-7-3-6-40(33-41)38-73-32-31-72-30-29-71-28-27-70-26-25-69-24-23-68-22-21-67-20-19-66-18-17-65-16-15-64-14-11-47(60)61/h3-8,10,13,33-35H,9,11-12,14-32,36-38H2,1-2H3,(H,58,62)(H,59,63)(H,60,61). The molecule has 5 rings (SSSR count). The van der Waals surface area contributed by atoms with E-state index in [1.54, 1.807) is 30.0 Å². The van der Waals surface area contributed by atoms with Crippen LogP contribution in [0.4, 0.5) is 18.2 Å². The number of nitrogens with zero attached hydrogens (tertiary/aromatic N) is 1. The SMILES string of the molecule is CC1(C)CCc2c(sc(NC(=O)c3cccc(CSCCOCCOCCOCCOCCOCCOCCOCCOCCOCCC(=O)O)c3)c2-c2cc(C(=O)NCc3cccc(C(F)(F)F)c3)ccn2)C1. The Morgan fingerprint density at radius 1 is 0.676 bits per heavy atom. The van der Waals surface area contributed by atoms with E-state index in [1.807, 2.05) is 18.2 Å². The number of carbonyl (C=O) groups excluding carboxylic acids is 2. The first-order valence-electron chi connectivity index (χ1n) is 24.7. The van der Waals surface area contributed by atoms with E-state index < -0.39 is 23.6 Å². The molecule has 3 N–H and O–H groups in total. The lowest BCUT2D eigenvalue weighted by atomic mass is 9.76. The minimum absolute atomic E-state index is 0.0184. The summed E-state index contributed by atoms with van der Waals surface area (Å²) in [7, 11) is 0. The number of pyridine rings is 1. The van der Waals surface area contributed by atoms with Gasteiger partial charge in [-0.15, -0.1) is 11.3 Å². The van der Waals surface area contributed by atoms with Crippen LogP contribution in [0.1, 0.15) is 74.5 Å². The molecule has 0 saturated carbocycles. The van der Waals surface area contributed by atoms with E-state index in [0.29, 0.717) is 145 Å². The van der Waals surface area contributed by atoms with Gasteiger partial charge in [0.05, 0.1) is 137 Å². The minimum Gasteiger partial charge on any atom is -0.481 e. The number of anilines is 1. The van der Waals surface area contributed by atoms with Crippen LogP contribution in [-0.4, -0.2) is 153 Å². The van der Waals surface area contributed by atoms with Gasteiger partial charge in [-0.2, -0.15) is 24.9 Å². The topological polar surface area (TPSA) is 191 Å². The molecular formula is C53H70F3N3O13S2. The Bertz CT molecular complexity index is 2300. The molecule has 16 nitrogen and oxygen atoms in total. The number of aromatic nitrogens is 1. The summed E-state index contributed by atoms with van der Waals surface area (Å²) >= 11 is 3.23. The number of amides is 2. The van der Waals surface area contributed by atoms with Crippen LogP contribution in [0.25, 0.3) is 11.3 Å². The number of fused-ring (bicyclic) bond motifs is 1. The maximum absolute atomic E-state index is 13.9. The Morgan fingerprint density at radius 2 is 1.20 bits per heavy atom. The lowest BCUT2D eigenvalue weighted by Gasteiger charge is -2.29. The first-order chi connectivity index (χ1) is 35.8. The number of halogens is 3. The van der Waals surface area contributed by atoms with Crippen LogP contribution in [0.3, 0.4) is 0 Å². The maximum Gasteiger partial charge on any atom is 0.416 e. The van der Waals surface area contributed by atoms with Gasteiger partial charge in [0, 0.05) is 45.8 Å². The Morgan fingerprint density at radius 3 is 1.77 bits per heavy atom. The van der Waals surface area contributed by atoms with Crippen molar-refractivity contribution in [2.45, 2.75) is 58.0 Å². The lowest BCUT2D eigenvalue weighted by molar-refractivity contribution is -0.139. The molecule has 0 saturated heterocycles. The number of thiophene rings is 1. The number of rotatable bonds is 38. The average Bonchev–Trinajstić information content (AvgIpc) is 3.72. The molecule has 2 heterocycles. The number of hydrogen-bond donors (Lipinski definition) is 3. The molecule has 2 amide bonds. The predicted octanol–water partition coefficient (Wildman–Crippen LogP) is 8.38. The summed E-state index contributed by atoms with van der Waals surface area (Å²) in [5.41, 5.74) is 3.85. The fraction of sp³-hybridized carbons (Fsp3) is 0.547. The number of nitrogens with one attached hydrogen (secondary N) is 2. The van der Waals surface area contributed by atoms with Crippen molar-refractivity contribution >= 4 is 45.9 Å². The van der Waals surface area contributed by atoms with E-state index in [9.17, 15) is 27.6 Å². The fourth-order valence-electron chi connectivity index (χ4n) is 7.42. The third-order valence-corrected chi connectivity index (χ3v) is 13.4. The highest BCUT2D eigenvalue weighted by Gasteiger charge is 2.32. The molecule has 2 aromatic heterocycles. The summed E-state index contributed by atoms with van der Waals surface area (Å²) in [6.45, 7) is 12.1. The van der Waals surface area contributed by atoms with Gasteiger partial charge in [-0.05, 0) is 77.8 Å². The Labute approximate surface area is 439 Å². The molecule has 0 spiro atoms. The molecule has 0 bridgehead atoms. The maximum atomic E-state index is 13.9. The van der Waals surface area contributed by atoms with Crippen molar-refractivity contribution in [1.82, 2.24) is 10.3 Å². The molecule has 0 fully saturated rings. The second kappa shape index (κ2) is 33.5. The predicted molar refractivity (Wildman–Crippen MR) is 276 cm³/mol. The van der Waals surface area contributed by atoms with E-state index in [4.69, 9.17) is 47.7 Å². The monoisotopic (exact) mass is 1080 g/mol. The van der Waals surface area contributed by atoms with Crippen molar-refractivity contribution in [2.75, 3.05) is 130 Å². The third kappa shape index (κ3) is 23.2. The highest BCUT2D eigenvalue weighted by atomic mass is 32.2. The molecule has 4 aromatic rings. The minimum atomic E-state index is -4.49. The van der Waals surface area contributed by atoms with Gasteiger partial charge in [-0.3, -0.25) is 19.4 Å². The van der Waals surface area contributed by atoms with Gasteiger partial charge in [-0.25, -0.2) is 0 Å². The van der Waals surface area contributed by atoms with E-state index in [2.05, 4.69) is 29.5 Å². The van der Waals surface area contributed by atoms with Crippen molar-refractivity contribution in [1.29, 1.82) is 0 Å². The van der Waals surface area contributed by atoms with Gasteiger partial charge in [0.25, 0.3) is 11.8 Å². The number of thioether (sulfide) groups is 1. The van der Waals surface area contributed by atoms with E-state index in [0.717, 1.165) is 58.7 Å². The molecule has 1 aliphatic rings. The highest BCUT2D eigenvalue weighted by molar-refractivity contribution is 7.98. The number of benzene rings is 2. The van der Waals surface area contributed by atoms with Crippen LogP contribution >= 0.6 is 23.1 Å². The second-order valence-corrected chi connectivity index (χ2v) is 19.9. The Kier molecular flexibility index (Phi) is 27.3. The number of carboxylic acid groups (broad SMARTS) is 1. The molecular weight excluding hydrogens is 1010 g/mol. The van der Waals surface area contributed by atoms with Gasteiger partial charge < -0.3 is 58.4 Å². The number of carbonyl (C=O) groups is 3. The molecule has 74 heavy (non-hydrogen) atoms. The van der Waals surface area contributed by atoms with Gasteiger partial charge in [0.15, 0.2) is 0 Å². The van der Waals surface area contributed by atoms with Crippen LogP contribution in [0, 0.1) is 5.41 Å². The van der Waals surface area contributed by atoms with E-state index in [-0.39, 0.29) is 30.9 Å².